The number of hydrogen-bond donors (Lipinski definition) is 0. The molecule has 20 heteroatoms. The molecule has 0 saturated carbocycles. The predicted molar refractivity (Wildman–Crippen MR) is 175 cm³/mol. The first kappa shape index (κ1) is 39.0. The molecule has 0 fully saturated rings. The third kappa shape index (κ3) is 5.16. The molecular formula is C38H8F10N4O4S2. The van der Waals surface area contributed by atoms with E-state index in [2.05, 4.69) is 0 Å². The van der Waals surface area contributed by atoms with E-state index in [4.69, 9.17) is 0 Å². The summed E-state index contributed by atoms with van der Waals surface area (Å²) in [6.45, 7) is 0. The second-order valence-corrected chi connectivity index (χ2v) is 15.9. The van der Waals surface area contributed by atoms with Crippen LogP contribution in [-0.2, 0) is 19.7 Å². The lowest BCUT2D eigenvalue weighted by Crippen LogP contribution is -2.13. The molecule has 0 unspecified atom stereocenters. The van der Waals surface area contributed by atoms with Crippen molar-refractivity contribution in [3.63, 3.8) is 0 Å². The van der Waals surface area contributed by atoms with Gasteiger partial charge in [-0.1, -0.05) is 12.1 Å². The van der Waals surface area contributed by atoms with Crippen molar-refractivity contribution in [1.82, 2.24) is 0 Å². The number of fused-ring (bicyclic) bond motifs is 6. The molecule has 0 aromatic heterocycles. The highest BCUT2D eigenvalue weighted by molar-refractivity contribution is 7.91. The molecular weight excluding hydrogens is 831 g/mol. The van der Waals surface area contributed by atoms with Crippen molar-refractivity contribution in [2.24, 2.45) is 0 Å². The van der Waals surface area contributed by atoms with Gasteiger partial charge in [-0.05, 0) is 80.9 Å². The Morgan fingerprint density at radius 1 is 0.362 bits per heavy atom. The molecule has 5 aromatic rings. The molecule has 0 N–H and O–H groups in total. The highest BCUT2D eigenvalue weighted by Gasteiger charge is 2.39. The van der Waals surface area contributed by atoms with Gasteiger partial charge in [0.2, 0.25) is 31.3 Å². The zero-order valence-corrected chi connectivity index (χ0v) is 29.3. The normalized spacial score (nSPS) is 12.4. The second-order valence-electron chi connectivity index (χ2n) is 12.1. The Bertz CT molecular complexity index is 3010. The molecule has 0 atom stereocenters. The van der Waals surface area contributed by atoms with E-state index in [1.807, 2.05) is 0 Å². The van der Waals surface area contributed by atoms with Crippen molar-refractivity contribution in [3.8, 4) is 46.5 Å². The maximum Gasteiger partial charge on any atom is 0.212 e. The molecule has 0 radical (unpaired) electrons. The van der Waals surface area contributed by atoms with Gasteiger partial charge < -0.3 is 0 Å². The maximum atomic E-state index is 14.7. The zero-order valence-electron chi connectivity index (χ0n) is 27.6. The van der Waals surface area contributed by atoms with Crippen molar-refractivity contribution in [2.45, 2.75) is 19.6 Å². The van der Waals surface area contributed by atoms with Crippen LogP contribution in [0, 0.1) is 103 Å². The van der Waals surface area contributed by atoms with E-state index in [1.165, 1.54) is 12.1 Å². The van der Waals surface area contributed by atoms with Crippen LogP contribution in [0.1, 0.15) is 22.3 Å². The molecule has 286 valence electrons. The molecule has 0 saturated heterocycles. The summed E-state index contributed by atoms with van der Waals surface area (Å²) in [5.41, 5.74) is -2.66. The maximum absolute atomic E-state index is 14.7. The largest absolute Gasteiger partial charge is 0.218 e. The average molecular weight is 839 g/mol. The van der Waals surface area contributed by atoms with Crippen molar-refractivity contribution < 1.29 is 60.7 Å². The molecule has 7 rings (SSSR count). The zero-order chi connectivity index (χ0) is 42.5. The molecule has 0 aliphatic heterocycles. The summed E-state index contributed by atoms with van der Waals surface area (Å²) in [4.78, 5) is -6.49. The van der Waals surface area contributed by atoms with Crippen LogP contribution < -0.4 is 0 Å². The number of halogens is 10. The SMILES string of the molecule is N#CC(C#N)=C1c2cc(S(=O)(=O)c3c(F)c(F)c(F)c(F)c3F)ccc2-c2cc3c(cc21)-c1ccc(S(=O)(=O)c2c(F)c(F)c(F)c(F)c2F)cc1C3=C(C#N)C#N. The molecule has 0 bridgehead atoms. The van der Waals surface area contributed by atoms with Crippen molar-refractivity contribution >= 4 is 30.8 Å². The number of allylic oxidation sites excluding steroid dienone is 2. The Labute approximate surface area is 318 Å². The van der Waals surface area contributed by atoms with Gasteiger partial charge in [0.15, 0.2) is 46.5 Å². The molecule has 0 heterocycles. The van der Waals surface area contributed by atoms with Gasteiger partial charge in [0, 0.05) is 11.1 Å². The lowest BCUT2D eigenvalue weighted by Gasteiger charge is -2.11. The highest BCUT2D eigenvalue weighted by Crippen LogP contribution is 2.54. The van der Waals surface area contributed by atoms with Crippen LogP contribution in [0.15, 0.2) is 79.3 Å². The van der Waals surface area contributed by atoms with E-state index in [1.54, 1.807) is 24.3 Å². The van der Waals surface area contributed by atoms with E-state index >= 15 is 0 Å². The predicted octanol–water partition coefficient (Wildman–Crippen LogP) is 8.40. The van der Waals surface area contributed by atoms with Crippen molar-refractivity contribution in [1.29, 1.82) is 21.0 Å². The average Bonchev–Trinajstić information content (AvgIpc) is 3.69. The first-order chi connectivity index (χ1) is 27.3. The third-order valence-electron chi connectivity index (χ3n) is 9.24. The van der Waals surface area contributed by atoms with Crippen LogP contribution in [0.5, 0.6) is 0 Å². The molecule has 0 amide bonds. The smallest absolute Gasteiger partial charge is 0.212 e. The Morgan fingerprint density at radius 2 is 0.621 bits per heavy atom. The van der Waals surface area contributed by atoms with Gasteiger partial charge in [-0.2, -0.15) is 21.0 Å². The Hall–Kier alpha value is -7.26. The summed E-state index contributed by atoms with van der Waals surface area (Å²) in [5, 5.41) is 39.6. The monoisotopic (exact) mass is 838 g/mol. The standard InChI is InChI=1S/C38H8F10N4O4S2/c39-27-29(41)33(45)37(34(46)30(27)42)57(53,54)15-1-3-17-19-7-24-20(8-23(19)25(21(17)5-15)13(9-49)10-50)18-4-2-16(6-22(18)26(24)14(11-51)12-52)58(55,56)38-35(47)31(43)28(40)32(44)36(38)48/h1-8H. The van der Waals surface area contributed by atoms with Gasteiger partial charge in [0.05, 0.1) is 9.79 Å². The topological polar surface area (TPSA) is 163 Å². The van der Waals surface area contributed by atoms with Crippen LogP contribution in [0.3, 0.4) is 0 Å². The van der Waals surface area contributed by atoms with Crippen molar-refractivity contribution in [3.05, 3.63) is 140 Å². The van der Waals surface area contributed by atoms with Crippen LogP contribution in [-0.4, -0.2) is 16.8 Å². The van der Waals surface area contributed by atoms with Gasteiger partial charge in [0.25, 0.3) is 0 Å². The fraction of sp³-hybridized carbons (Fsp3) is 0. The van der Waals surface area contributed by atoms with Gasteiger partial charge in [-0.25, -0.2) is 60.7 Å². The number of nitrogens with zero attached hydrogens (tertiary/aromatic N) is 4. The Balaban J connectivity index is 1.47. The summed E-state index contributed by atoms with van der Waals surface area (Å²) in [5.74, 6) is -26.2. The van der Waals surface area contributed by atoms with Crippen LogP contribution >= 0.6 is 0 Å². The van der Waals surface area contributed by atoms with E-state index in [-0.39, 0.29) is 55.7 Å². The Kier molecular flexibility index (Phi) is 8.85. The summed E-state index contributed by atoms with van der Waals surface area (Å²) in [7, 11) is -11.2. The minimum Gasteiger partial charge on any atom is -0.218 e. The number of benzene rings is 5. The summed E-state index contributed by atoms with van der Waals surface area (Å²) in [6, 6.07) is 13.7. The first-order valence-corrected chi connectivity index (χ1v) is 18.4. The summed E-state index contributed by atoms with van der Waals surface area (Å²) in [6.07, 6.45) is 0. The summed E-state index contributed by atoms with van der Waals surface area (Å²) < 4.78 is 196. The first-order valence-electron chi connectivity index (χ1n) is 15.4. The third-order valence-corrected chi connectivity index (χ3v) is 12.8. The highest BCUT2D eigenvalue weighted by atomic mass is 32.2. The van der Waals surface area contributed by atoms with Crippen LogP contribution in [0.4, 0.5) is 43.9 Å². The minimum absolute atomic E-state index is 0.0208. The minimum atomic E-state index is -5.58. The quantitative estimate of drug-likeness (QED) is 0.0561. The van der Waals surface area contributed by atoms with E-state index in [0.717, 1.165) is 12.1 Å². The molecule has 2 aliphatic rings. The van der Waals surface area contributed by atoms with E-state index in [9.17, 15) is 81.8 Å². The number of nitriles is 4. The van der Waals surface area contributed by atoms with E-state index in [0.29, 0.717) is 24.3 Å². The molecule has 5 aromatic carbocycles. The summed E-state index contributed by atoms with van der Waals surface area (Å²) >= 11 is 0. The number of rotatable bonds is 4. The van der Waals surface area contributed by atoms with Gasteiger partial charge >= 0.3 is 0 Å². The molecule has 8 nitrogen and oxygen atoms in total. The number of hydrogen-bond acceptors (Lipinski definition) is 8. The molecule has 58 heavy (non-hydrogen) atoms. The fourth-order valence-electron chi connectivity index (χ4n) is 6.70. The lowest BCUT2D eigenvalue weighted by atomic mass is 9.93. The lowest BCUT2D eigenvalue weighted by molar-refractivity contribution is 0.357. The van der Waals surface area contributed by atoms with Crippen molar-refractivity contribution in [2.75, 3.05) is 0 Å². The van der Waals surface area contributed by atoms with Gasteiger partial charge in [0.1, 0.15) is 45.2 Å². The fourth-order valence-corrected chi connectivity index (χ4v) is 9.52. The Morgan fingerprint density at radius 3 is 0.897 bits per heavy atom. The second kappa shape index (κ2) is 13.2. The number of sulfone groups is 2. The molecule has 2 aliphatic carbocycles. The van der Waals surface area contributed by atoms with Gasteiger partial charge in [-0.3, -0.25) is 0 Å². The molecule has 0 spiro atoms. The van der Waals surface area contributed by atoms with Crippen LogP contribution in [0.25, 0.3) is 33.4 Å². The van der Waals surface area contributed by atoms with Gasteiger partial charge in [-0.15, -0.1) is 0 Å². The van der Waals surface area contributed by atoms with Crippen LogP contribution in [0.2, 0.25) is 0 Å². The van der Waals surface area contributed by atoms with E-state index < -0.39 is 109 Å².